The Hall–Kier alpha value is -3.30. The number of anilines is 1. The molecule has 0 aromatic heterocycles. The number of nitrogens with zero attached hydrogens (tertiary/aromatic N) is 2. The number of hydrogen-bond acceptors (Lipinski definition) is 6. The molecule has 0 saturated carbocycles. The van der Waals surface area contributed by atoms with E-state index in [0.717, 1.165) is 14.8 Å². The van der Waals surface area contributed by atoms with Gasteiger partial charge < -0.3 is 4.74 Å². The minimum absolute atomic E-state index is 0.0311. The van der Waals surface area contributed by atoms with Crippen LogP contribution in [0.5, 0.6) is 5.75 Å². The molecule has 3 aromatic carbocycles. The van der Waals surface area contributed by atoms with Crippen molar-refractivity contribution in [1.29, 1.82) is 0 Å². The van der Waals surface area contributed by atoms with Crippen LogP contribution in [-0.4, -0.2) is 39.4 Å². The third-order valence-corrected chi connectivity index (χ3v) is 8.42. The second-order valence-electron chi connectivity index (χ2n) is 9.67. The molecule has 0 fully saturated rings. The van der Waals surface area contributed by atoms with Crippen molar-refractivity contribution in [2.45, 2.75) is 49.8 Å². The van der Waals surface area contributed by atoms with E-state index in [1.54, 1.807) is 55.5 Å². The number of ether oxygens (including phenoxy) is 1. The number of thioether (sulfide) groups is 1. The molecule has 0 aliphatic carbocycles. The average Bonchev–Trinajstić information content (AvgIpc) is 2.90. The fourth-order valence-electron chi connectivity index (χ4n) is 3.65. The van der Waals surface area contributed by atoms with Gasteiger partial charge in [0.05, 0.1) is 22.9 Å². The van der Waals surface area contributed by atoms with E-state index in [4.69, 9.17) is 4.74 Å². The molecule has 1 N–H and O–H groups in total. The van der Waals surface area contributed by atoms with E-state index in [2.05, 4.69) is 31.3 Å². The third kappa shape index (κ3) is 7.39. The number of rotatable bonds is 10. The van der Waals surface area contributed by atoms with Crippen LogP contribution in [0.3, 0.4) is 0 Å². The fraction of sp³-hybridized carbons (Fsp3) is 0.310. The first-order valence-electron chi connectivity index (χ1n) is 12.3. The first-order valence-corrected chi connectivity index (χ1v) is 15.0. The van der Waals surface area contributed by atoms with Crippen LogP contribution < -0.4 is 14.5 Å². The van der Waals surface area contributed by atoms with Crippen LogP contribution in [0.4, 0.5) is 5.69 Å². The Morgan fingerprint density at radius 2 is 1.58 bits per heavy atom. The zero-order chi connectivity index (χ0) is 27.9. The van der Waals surface area contributed by atoms with Crippen molar-refractivity contribution in [3.05, 3.63) is 83.9 Å². The lowest BCUT2D eigenvalue weighted by atomic mass is 9.86. The number of nitrogens with one attached hydrogen (secondary N) is 1. The highest BCUT2D eigenvalue weighted by Gasteiger charge is 2.27. The minimum atomic E-state index is -4.03. The van der Waals surface area contributed by atoms with E-state index >= 15 is 0 Å². The van der Waals surface area contributed by atoms with E-state index in [0.29, 0.717) is 23.8 Å². The highest BCUT2D eigenvalue weighted by molar-refractivity contribution is 7.98. The lowest BCUT2D eigenvalue weighted by Gasteiger charge is -2.24. The Kier molecular flexibility index (Phi) is 9.62. The first kappa shape index (κ1) is 29.3. The molecule has 202 valence electrons. The van der Waals surface area contributed by atoms with E-state index < -0.39 is 22.5 Å². The second-order valence-corrected chi connectivity index (χ2v) is 12.4. The van der Waals surface area contributed by atoms with Crippen LogP contribution in [0.15, 0.2) is 87.7 Å². The van der Waals surface area contributed by atoms with Gasteiger partial charge in [0.2, 0.25) is 0 Å². The zero-order valence-electron chi connectivity index (χ0n) is 22.7. The SMILES string of the molecule is CCOc1ccc(N(CC(=O)N/N=C(/C)c2ccc(C(C)(C)C)cc2)S(=O)(=O)c2ccc(SC)cc2)cc1. The number of hydrogen-bond donors (Lipinski definition) is 1. The first-order chi connectivity index (χ1) is 18.0. The summed E-state index contributed by atoms with van der Waals surface area (Å²) < 4.78 is 33.8. The summed E-state index contributed by atoms with van der Waals surface area (Å²) in [5.74, 6) is 0.0499. The largest absolute Gasteiger partial charge is 0.494 e. The predicted octanol–water partition coefficient (Wildman–Crippen LogP) is 5.84. The minimum Gasteiger partial charge on any atom is -0.494 e. The molecule has 3 aromatic rings. The summed E-state index contributed by atoms with van der Waals surface area (Å²) in [6.45, 7) is 10.1. The van der Waals surface area contributed by atoms with Gasteiger partial charge in [0.15, 0.2) is 0 Å². The van der Waals surface area contributed by atoms with Crippen molar-refractivity contribution in [2.75, 3.05) is 23.7 Å². The number of hydrazone groups is 1. The molecular weight excluding hydrogens is 518 g/mol. The Morgan fingerprint density at radius 3 is 2.11 bits per heavy atom. The van der Waals surface area contributed by atoms with E-state index in [1.165, 1.54) is 17.3 Å². The maximum absolute atomic E-state index is 13.6. The molecular formula is C29H35N3O4S2. The summed E-state index contributed by atoms with van der Waals surface area (Å²) in [6.07, 6.45) is 1.92. The summed E-state index contributed by atoms with van der Waals surface area (Å²) in [6, 6.07) is 21.2. The van der Waals surface area contributed by atoms with Crippen molar-refractivity contribution in [3.8, 4) is 5.75 Å². The van der Waals surface area contributed by atoms with Crippen molar-refractivity contribution >= 4 is 39.1 Å². The molecule has 1 amide bonds. The highest BCUT2D eigenvalue weighted by Crippen LogP contribution is 2.27. The van der Waals surface area contributed by atoms with Crippen LogP contribution in [0, 0.1) is 0 Å². The topological polar surface area (TPSA) is 88.1 Å². The van der Waals surface area contributed by atoms with Crippen LogP contribution in [0.2, 0.25) is 0 Å². The number of amides is 1. The third-order valence-electron chi connectivity index (χ3n) is 5.89. The summed E-state index contributed by atoms with van der Waals surface area (Å²) in [5.41, 5.74) is 5.56. The Labute approximate surface area is 230 Å². The van der Waals surface area contributed by atoms with Gasteiger partial charge in [0, 0.05) is 4.90 Å². The summed E-state index contributed by atoms with van der Waals surface area (Å²) in [5, 5.41) is 4.22. The average molecular weight is 554 g/mol. The number of carbonyl (C=O) groups is 1. The quantitative estimate of drug-likeness (QED) is 0.194. The molecule has 0 radical (unpaired) electrons. The van der Waals surface area contributed by atoms with Gasteiger partial charge in [-0.1, -0.05) is 45.0 Å². The zero-order valence-corrected chi connectivity index (χ0v) is 24.3. The summed E-state index contributed by atoms with van der Waals surface area (Å²) >= 11 is 1.52. The van der Waals surface area contributed by atoms with Crippen LogP contribution in [0.25, 0.3) is 0 Å². The maximum atomic E-state index is 13.6. The molecule has 0 heterocycles. The van der Waals surface area contributed by atoms with Crippen molar-refractivity contribution in [3.63, 3.8) is 0 Å². The van der Waals surface area contributed by atoms with Gasteiger partial charge in [0.25, 0.3) is 15.9 Å². The normalized spacial score (nSPS) is 12.2. The molecule has 3 rings (SSSR count). The highest BCUT2D eigenvalue weighted by atomic mass is 32.2. The molecule has 0 atom stereocenters. The van der Waals surface area contributed by atoms with Crippen LogP contribution >= 0.6 is 11.8 Å². The van der Waals surface area contributed by atoms with Gasteiger partial charge in [-0.2, -0.15) is 5.10 Å². The molecule has 0 spiro atoms. The molecule has 0 aliphatic heterocycles. The van der Waals surface area contributed by atoms with Gasteiger partial charge in [-0.25, -0.2) is 13.8 Å². The van der Waals surface area contributed by atoms with E-state index in [9.17, 15) is 13.2 Å². The van der Waals surface area contributed by atoms with E-state index in [1.807, 2.05) is 37.4 Å². The Balaban J connectivity index is 1.85. The summed E-state index contributed by atoms with van der Waals surface area (Å²) in [4.78, 5) is 14.0. The van der Waals surface area contributed by atoms with Crippen molar-refractivity contribution in [2.24, 2.45) is 5.10 Å². The fourth-order valence-corrected chi connectivity index (χ4v) is 5.48. The lowest BCUT2D eigenvalue weighted by Crippen LogP contribution is -2.39. The molecule has 9 heteroatoms. The molecule has 0 unspecified atom stereocenters. The lowest BCUT2D eigenvalue weighted by molar-refractivity contribution is -0.119. The summed E-state index contributed by atoms with van der Waals surface area (Å²) in [7, 11) is -4.03. The Morgan fingerprint density at radius 1 is 0.974 bits per heavy atom. The van der Waals surface area contributed by atoms with E-state index in [-0.39, 0.29) is 10.3 Å². The maximum Gasteiger partial charge on any atom is 0.264 e. The number of carbonyl (C=O) groups excluding carboxylic acids is 1. The predicted molar refractivity (Wildman–Crippen MR) is 156 cm³/mol. The molecule has 7 nitrogen and oxygen atoms in total. The number of benzene rings is 3. The van der Waals surface area contributed by atoms with Crippen LogP contribution in [-0.2, 0) is 20.2 Å². The molecule has 0 bridgehead atoms. The molecule has 0 aliphatic rings. The van der Waals surface area contributed by atoms with Crippen molar-refractivity contribution < 1.29 is 17.9 Å². The Bertz CT molecular complexity index is 1360. The molecule has 38 heavy (non-hydrogen) atoms. The monoisotopic (exact) mass is 553 g/mol. The van der Waals surface area contributed by atoms with Gasteiger partial charge in [-0.05, 0) is 85.2 Å². The van der Waals surface area contributed by atoms with Gasteiger partial charge in [-0.3, -0.25) is 9.10 Å². The number of sulfonamides is 1. The van der Waals surface area contributed by atoms with Gasteiger partial charge in [-0.15, -0.1) is 11.8 Å². The van der Waals surface area contributed by atoms with Crippen molar-refractivity contribution in [1.82, 2.24) is 5.43 Å². The molecule has 0 saturated heterocycles. The smallest absolute Gasteiger partial charge is 0.264 e. The standard InChI is InChI=1S/C29H35N3O4S2/c1-7-36-25-14-12-24(13-15-25)32(38(34,35)27-18-16-26(37-6)17-19-27)20-28(33)31-30-21(2)22-8-10-23(11-9-22)29(3,4)5/h8-19H,7,20H2,1-6H3,(H,31,33)/b30-21-. The van der Waals surface area contributed by atoms with Gasteiger partial charge in [0.1, 0.15) is 12.3 Å². The second kappa shape index (κ2) is 12.5. The van der Waals surface area contributed by atoms with Crippen LogP contribution in [0.1, 0.15) is 45.7 Å². The van der Waals surface area contributed by atoms with Gasteiger partial charge >= 0.3 is 0 Å².